The van der Waals surface area contributed by atoms with Crippen molar-refractivity contribution in [2.24, 2.45) is 0 Å². The van der Waals surface area contributed by atoms with Gasteiger partial charge in [-0.2, -0.15) is 0 Å². The fourth-order valence-corrected chi connectivity index (χ4v) is 1.90. The molecular weight excluding hydrogens is 300 g/mol. The first-order valence-corrected chi connectivity index (χ1v) is 7.23. The maximum absolute atomic E-state index is 11.8. The van der Waals surface area contributed by atoms with E-state index in [2.05, 4.69) is 10.3 Å². The number of aryl methyl sites for hydroxylation is 1. The zero-order valence-corrected chi connectivity index (χ0v) is 13.2. The highest BCUT2D eigenvalue weighted by molar-refractivity contribution is 6.14. The Kier molecular flexibility index (Phi) is 5.35. The number of benzene rings is 1. The van der Waals surface area contributed by atoms with Crippen LogP contribution >= 0.6 is 0 Å². The van der Waals surface area contributed by atoms with Crippen molar-refractivity contribution in [3.05, 3.63) is 35.9 Å². The summed E-state index contributed by atoms with van der Waals surface area (Å²) in [5.41, 5.74) is 1.77. The minimum Gasteiger partial charge on any atom is -0.462 e. The molecule has 0 amide bonds. The lowest BCUT2D eigenvalue weighted by atomic mass is 10.2. The first-order chi connectivity index (χ1) is 11.0. The molecule has 2 aromatic rings. The molecule has 1 heterocycles. The van der Waals surface area contributed by atoms with E-state index in [4.69, 9.17) is 13.9 Å². The third kappa shape index (κ3) is 4.09. The molecule has 1 aromatic carbocycles. The number of fused-ring (bicyclic) bond motifs is 1. The molecule has 0 radical (unpaired) electrons. The molecule has 2 rings (SSSR count). The highest BCUT2D eigenvalue weighted by atomic mass is 16.6. The van der Waals surface area contributed by atoms with Crippen molar-refractivity contribution < 1.29 is 23.5 Å². The molecule has 0 bridgehead atoms. The van der Waals surface area contributed by atoms with E-state index in [9.17, 15) is 9.59 Å². The minimum atomic E-state index is -0.741. The molecule has 0 saturated carbocycles. The van der Waals surface area contributed by atoms with Gasteiger partial charge < -0.3 is 19.2 Å². The van der Waals surface area contributed by atoms with Gasteiger partial charge in [0.25, 0.3) is 0 Å². The molecule has 23 heavy (non-hydrogen) atoms. The van der Waals surface area contributed by atoms with Gasteiger partial charge in [0, 0.05) is 24.9 Å². The molecule has 0 saturated heterocycles. The molecule has 7 heteroatoms. The van der Waals surface area contributed by atoms with Crippen LogP contribution in [0.1, 0.15) is 19.7 Å². The number of ether oxygens (including phenoxy) is 2. The Labute approximate surface area is 133 Å². The average molecular weight is 318 g/mol. The number of hydrogen-bond acceptors (Lipinski definition) is 7. The van der Waals surface area contributed by atoms with Gasteiger partial charge in [0.15, 0.2) is 17.0 Å². The first-order valence-electron chi connectivity index (χ1n) is 7.23. The lowest BCUT2D eigenvalue weighted by molar-refractivity contribution is -0.146. The summed E-state index contributed by atoms with van der Waals surface area (Å²) in [5.74, 6) is -0.920. The fraction of sp³-hybridized carbons (Fsp3) is 0.312. The SMILES string of the molecule is CCOC(=O)C(=CNc1ccc2nc(C)oc2c1)C(=O)OCC. The lowest BCUT2D eigenvalue weighted by Gasteiger charge is -2.07. The van der Waals surface area contributed by atoms with Crippen molar-refractivity contribution in [1.29, 1.82) is 0 Å². The van der Waals surface area contributed by atoms with Gasteiger partial charge in [-0.1, -0.05) is 0 Å². The molecule has 1 N–H and O–H groups in total. The molecule has 7 nitrogen and oxygen atoms in total. The Hall–Kier alpha value is -2.83. The summed E-state index contributed by atoms with van der Waals surface area (Å²) in [4.78, 5) is 27.9. The number of rotatable bonds is 6. The zero-order chi connectivity index (χ0) is 16.8. The first kappa shape index (κ1) is 16.5. The molecule has 0 fully saturated rings. The zero-order valence-electron chi connectivity index (χ0n) is 13.2. The smallest absolute Gasteiger partial charge is 0.347 e. The van der Waals surface area contributed by atoms with Crippen LogP contribution in [0.25, 0.3) is 11.1 Å². The number of carbonyl (C=O) groups excluding carboxylic acids is 2. The van der Waals surface area contributed by atoms with E-state index in [-0.39, 0.29) is 18.8 Å². The van der Waals surface area contributed by atoms with Crippen molar-refractivity contribution in [2.45, 2.75) is 20.8 Å². The van der Waals surface area contributed by atoms with E-state index < -0.39 is 11.9 Å². The Balaban J connectivity index is 2.22. The van der Waals surface area contributed by atoms with Gasteiger partial charge in [0.05, 0.1) is 13.2 Å². The number of nitrogens with zero attached hydrogens (tertiary/aromatic N) is 1. The highest BCUT2D eigenvalue weighted by Crippen LogP contribution is 2.20. The molecule has 0 atom stereocenters. The molecule has 0 aliphatic heterocycles. The Morgan fingerprint density at radius 2 is 1.87 bits per heavy atom. The average Bonchev–Trinajstić information content (AvgIpc) is 2.87. The summed E-state index contributed by atoms with van der Waals surface area (Å²) in [6.45, 7) is 5.41. The summed E-state index contributed by atoms with van der Waals surface area (Å²) in [6, 6.07) is 5.25. The molecule has 0 spiro atoms. The van der Waals surface area contributed by atoms with Gasteiger partial charge in [-0.25, -0.2) is 14.6 Å². The summed E-state index contributed by atoms with van der Waals surface area (Å²) in [5, 5.41) is 2.87. The Morgan fingerprint density at radius 1 is 1.22 bits per heavy atom. The third-order valence-corrected chi connectivity index (χ3v) is 2.87. The van der Waals surface area contributed by atoms with Gasteiger partial charge in [-0.05, 0) is 26.0 Å². The summed E-state index contributed by atoms with van der Waals surface area (Å²) in [6.07, 6.45) is 1.26. The number of esters is 2. The van der Waals surface area contributed by atoms with Crippen LogP contribution in [-0.4, -0.2) is 30.1 Å². The summed E-state index contributed by atoms with van der Waals surface area (Å²) < 4.78 is 15.1. The monoisotopic (exact) mass is 318 g/mol. The van der Waals surface area contributed by atoms with Gasteiger partial charge in [0.1, 0.15) is 5.52 Å². The maximum atomic E-state index is 11.8. The van der Waals surface area contributed by atoms with Crippen molar-refractivity contribution in [2.75, 3.05) is 18.5 Å². The van der Waals surface area contributed by atoms with Crippen molar-refractivity contribution in [1.82, 2.24) is 4.98 Å². The molecule has 122 valence electrons. The van der Waals surface area contributed by atoms with Crippen LogP contribution in [0.15, 0.2) is 34.4 Å². The van der Waals surface area contributed by atoms with Gasteiger partial charge in [-0.3, -0.25) is 0 Å². The second-order valence-electron chi connectivity index (χ2n) is 4.56. The van der Waals surface area contributed by atoms with Gasteiger partial charge >= 0.3 is 11.9 Å². The lowest BCUT2D eigenvalue weighted by Crippen LogP contribution is -2.19. The highest BCUT2D eigenvalue weighted by Gasteiger charge is 2.20. The topological polar surface area (TPSA) is 90.7 Å². The van der Waals surface area contributed by atoms with E-state index in [0.29, 0.717) is 17.2 Å². The molecule has 0 aliphatic carbocycles. The third-order valence-electron chi connectivity index (χ3n) is 2.87. The fourth-order valence-electron chi connectivity index (χ4n) is 1.90. The van der Waals surface area contributed by atoms with Crippen LogP contribution in [0.2, 0.25) is 0 Å². The Morgan fingerprint density at radius 3 is 2.48 bits per heavy atom. The van der Waals surface area contributed by atoms with Crippen LogP contribution in [0.4, 0.5) is 5.69 Å². The molecule has 0 unspecified atom stereocenters. The quantitative estimate of drug-likeness (QED) is 0.379. The van der Waals surface area contributed by atoms with E-state index in [1.54, 1.807) is 39.0 Å². The predicted octanol–water partition coefficient (Wildman–Crippen LogP) is 2.56. The minimum absolute atomic E-state index is 0.166. The Bertz CT molecular complexity index is 728. The van der Waals surface area contributed by atoms with E-state index in [1.807, 2.05) is 0 Å². The normalized spacial score (nSPS) is 10.2. The summed E-state index contributed by atoms with van der Waals surface area (Å²) in [7, 11) is 0. The predicted molar refractivity (Wildman–Crippen MR) is 83.7 cm³/mol. The standard InChI is InChI=1S/C16H18N2O5/c1-4-21-15(19)12(16(20)22-5-2)9-17-11-6-7-13-14(8-11)23-10(3)18-13/h6-9,17H,4-5H2,1-3H3. The van der Waals surface area contributed by atoms with Crippen LogP contribution in [0.5, 0.6) is 0 Å². The van der Waals surface area contributed by atoms with Crippen LogP contribution in [-0.2, 0) is 19.1 Å². The maximum Gasteiger partial charge on any atom is 0.347 e. The molecule has 0 aliphatic rings. The van der Waals surface area contributed by atoms with E-state index in [0.717, 1.165) is 5.52 Å². The van der Waals surface area contributed by atoms with Crippen molar-refractivity contribution in [3.8, 4) is 0 Å². The van der Waals surface area contributed by atoms with Crippen LogP contribution in [0.3, 0.4) is 0 Å². The van der Waals surface area contributed by atoms with Crippen molar-refractivity contribution >= 4 is 28.7 Å². The number of aromatic nitrogens is 1. The second-order valence-corrected chi connectivity index (χ2v) is 4.56. The summed E-state index contributed by atoms with van der Waals surface area (Å²) >= 11 is 0. The number of nitrogens with one attached hydrogen (secondary N) is 1. The van der Waals surface area contributed by atoms with E-state index >= 15 is 0 Å². The molecular formula is C16H18N2O5. The second kappa shape index (κ2) is 7.44. The van der Waals surface area contributed by atoms with Gasteiger partial charge in [-0.15, -0.1) is 0 Å². The van der Waals surface area contributed by atoms with Crippen molar-refractivity contribution in [3.63, 3.8) is 0 Å². The van der Waals surface area contributed by atoms with Crippen LogP contribution < -0.4 is 5.32 Å². The number of oxazole rings is 1. The largest absolute Gasteiger partial charge is 0.462 e. The van der Waals surface area contributed by atoms with Gasteiger partial charge in [0.2, 0.25) is 0 Å². The van der Waals surface area contributed by atoms with Crippen LogP contribution in [0, 0.1) is 6.92 Å². The number of hydrogen-bond donors (Lipinski definition) is 1. The number of carbonyl (C=O) groups is 2. The molecule has 1 aromatic heterocycles. The van der Waals surface area contributed by atoms with E-state index in [1.165, 1.54) is 6.20 Å². The number of anilines is 1.